The van der Waals surface area contributed by atoms with Gasteiger partial charge in [-0.3, -0.25) is 0 Å². The van der Waals surface area contributed by atoms with Gasteiger partial charge in [-0.25, -0.2) is 4.98 Å². The van der Waals surface area contributed by atoms with Crippen LogP contribution in [0.1, 0.15) is 17.5 Å². The summed E-state index contributed by atoms with van der Waals surface area (Å²) in [5, 5.41) is 11.5. The van der Waals surface area contributed by atoms with Crippen molar-refractivity contribution in [2.45, 2.75) is 13.0 Å². The summed E-state index contributed by atoms with van der Waals surface area (Å²) in [5.41, 5.74) is 6.35. The standard InChI is InChI=1S/C10H12N2O2S/c1-6-2-3-9(14-6)10-12-8(5-15-10)7(11)4-13/h2-3,5,7,13H,4,11H2,1H3. The Morgan fingerprint density at radius 1 is 1.60 bits per heavy atom. The SMILES string of the molecule is Cc1ccc(-c2nc(C(N)CO)cs2)o1. The zero-order valence-electron chi connectivity index (χ0n) is 8.30. The van der Waals surface area contributed by atoms with Gasteiger partial charge in [0.15, 0.2) is 10.8 Å². The van der Waals surface area contributed by atoms with Crippen molar-refractivity contribution in [2.75, 3.05) is 6.61 Å². The minimum absolute atomic E-state index is 0.0969. The molecular weight excluding hydrogens is 212 g/mol. The van der Waals surface area contributed by atoms with Crippen molar-refractivity contribution in [1.82, 2.24) is 4.98 Å². The number of aryl methyl sites for hydroxylation is 1. The predicted octanol–water partition coefficient (Wildman–Crippen LogP) is 1.70. The van der Waals surface area contributed by atoms with Gasteiger partial charge in [0.05, 0.1) is 18.3 Å². The Kier molecular flexibility index (Phi) is 2.86. The van der Waals surface area contributed by atoms with E-state index >= 15 is 0 Å². The number of thiazole rings is 1. The van der Waals surface area contributed by atoms with E-state index in [1.54, 1.807) is 0 Å². The molecule has 0 aliphatic heterocycles. The molecule has 2 aromatic heterocycles. The zero-order chi connectivity index (χ0) is 10.8. The second kappa shape index (κ2) is 4.14. The summed E-state index contributed by atoms with van der Waals surface area (Å²) in [6, 6.07) is 3.36. The Morgan fingerprint density at radius 3 is 3.00 bits per heavy atom. The molecule has 2 rings (SSSR count). The van der Waals surface area contributed by atoms with E-state index in [2.05, 4.69) is 4.98 Å². The fraction of sp³-hybridized carbons (Fsp3) is 0.300. The van der Waals surface area contributed by atoms with E-state index < -0.39 is 6.04 Å². The van der Waals surface area contributed by atoms with Gasteiger partial charge in [0, 0.05) is 5.38 Å². The fourth-order valence-corrected chi connectivity index (χ4v) is 2.06. The summed E-state index contributed by atoms with van der Waals surface area (Å²) < 4.78 is 5.44. The first-order valence-electron chi connectivity index (χ1n) is 4.59. The van der Waals surface area contributed by atoms with Crippen LogP contribution in [0.5, 0.6) is 0 Å². The fourth-order valence-electron chi connectivity index (χ4n) is 1.21. The molecule has 0 aliphatic carbocycles. The lowest BCUT2D eigenvalue weighted by atomic mass is 10.3. The molecule has 80 valence electrons. The van der Waals surface area contributed by atoms with Crippen molar-refractivity contribution < 1.29 is 9.52 Å². The highest BCUT2D eigenvalue weighted by atomic mass is 32.1. The van der Waals surface area contributed by atoms with Gasteiger partial charge in [-0.15, -0.1) is 11.3 Å². The lowest BCUT2D eigenvalue weighted by Crippen LogP contribution is -2.14. The minimum Gasteiger partial charge on any atom is -0.459 e. The van der Waals surface area contributed by atoms with Gasteiger partial charge >= 0.3 is 0 Å². The molecule has 15 heavy (non-hydrogen) atoms. The van der Waals surface area contributed by atoms with Crippen molar-refractivity contribution in [2.24, 2.45) is 5.73 Å². The third-order valence-corrected chi connectivity index (χ3v) is 2.92. The number of rotatable bonds is 3. The Labute approximate surface area is 91.4 Å². The largest absolute Gasteiger partial charge is 0.459 e. The van der Waals surface area contributed by atoms with Gasteiger partial charge in [0.25, 0.3) is 0 Å². The highest BCUT2D eigenvalue weighted by Gasteiger charge is 2.12. The first kappa shape index (κ1) is 10.4. The van der Waals surface area contributed by atoms with E-state index in [1.165, 1.54) is 11.3 Å². The van der Waals surface area contributed by atoms with Gasteiger partial charge in [-0.2, -0.15) is 0 Å². The monoisotopic (exact) mass is 224 g/mol. The summed E-state index contributed by atoms with van der Waals surface area (Å²) >= 11 is 1.46. The maximum atomic E-state index is 8.89. The predicted molar refractivity (Wildman–Crippen MR) is 58.6 cm³/mol. The number of hydrogen-bond donors (Lipinski definition) is 2. The quantitative estimate of drug-likeness (QED) is 0.832. The van der Waals surface area contributed by atoms with Gasteiger partial charge in [0.2, 0.25) is 0 Å². The normalized spacial score (nSPS) is 13.0. The molecule has 2 aromatic rings. The molecule has 0 aromatic carbocycles. The Morgan fingerprint density at radius 2 is 2.40 bits per heavy atom. The van der Waals surface area contributed by atoms with Crippen LogP contribution in [-0.4, -0.2) is 16.7 Å². The van der Waals surface area contributed by atoms with Gasteiger partial charge < -0.3 is 15.3 Å². The molecule has 0 bridgehead atoms. The third-order valence-electron chi connectivity index (χ3n) is 2.05. The molecular formula is C10H12N2O2S. The van der Waals surface area contributed by atoms with Gasteiger partial charge in [-0.1, -0.05) is 0 Å². The molecule has 0 saturated heterocycles. The number of nitrogens with zero attached hydrogens (tertiary/aromatic N) is 1. The van der Waals surface area contributed by atoms with E-state index in [-0.39, 0.29) is 6.61 Å². The molecule has 0 aliphatic rings. The Bertz CT molecular complexity index is 450. The number of furan rings is 1. The lowest BCUT2D eigenvalue weighted by molar-refractivity contribution is 0.266. The number of aliphatic hydroxyl groups excluding tert-OH is 1. The number of hydrogen-bond acceptors (Lipinski definition) is 5. The first-order chi connectivity index (χ1) is 7.20. The van der Waals surface area contributed by atoms with Crippen LogP contribution < -0.4 is 5.73 Å². The maximum absolute atomic E-state index is 8.89. The lowest BCUT2D eigenvalue weighted by Gasteiger charge is -2.01. The number of aromatic nitrogens is 1. The van der Waals surface area contributed by atoms with Crippen molar-refractivity contribution in [1.29, 1.82) is 0 Å². The van der Waals surface area contributed by atoms with E-state index in [0.29, 0.717) is 5.69 Å². The van der Waals surface area contributed by atoms with Crippen molar-refractivity contribution in [3.63, 3.8) is 0 Å². The molecule has 0 amide bonds. The van der Waals surface area contributed by atoms with Crippen LogP contribution in [0.4, 0.5) is 0 Å². The molecule has 3 N–H and O–H groups in total. The molecule has 4 nitrogen and oxygen atoms in total. The van der Waals surface area contributed by atoms with Crippen LogP contribution in [0, 0.1) is 6.92 Å². The molecule has 0 fully saturated rings. The number of aliphatic hydroxyl groups is 1. The summed E-state index contributed by atoms with van der Waals surface area (Å²) in [5.74, 6) is 1.60. The Hall–Kier alpha value is -1.17. The van der Waals surface area contributed by atoms with Gasteiger partial charge in [-0.05, 0) is 19.1 Å². The average molecular weight is 224 g/mol. The van der Waals surface area contributed by atoms with E-state index in [9.17, 15) is 0 Å². The van der Waals surface area contributed by atoms with Crippen molar-refractivity contribution in [3.05, 3.63) is 29.0 Å². The van der Waals surface area contributed by atoms with Crippen molar-refractivity contribution in [3.8, 4) is 10.8 Å². The Balaban J connectivity index is 2.27. The zero-order valence-corrected chi connectivity index (χ0v) is 9.12. The molecule has 2 heterocycles. The minimum atomic E-state index is -0.411. The third kappa shape index (κ3) is 2.09. The molecule has 1 unspecified atom stereocenters. The van der Waals surface area contributed by atoms with Crippen LogP contribution in [-0.2, 0) is 0 Å². The van der Waals surface area contributed by atoms with Crippen LogP contribution in [0.3, 0.4) is 0 Å². The van der Waals surface area contributed by atoms with Crippen LogP contribution in [0.25, 0.3) is 10.8 Å². The average Bonchev–Trinajstić information content (AvgIpc) is 2.84. The topological polar surface area (TPSA) is 72.3 Å². The van der Waals surface area contributed by atoms with Crippen LogP contribution in [0.15, 0.2) is 21.9 Å². The highest BCUT2D eigenvalue weighted by molar-refractivity contribution is 7.13. The second-order valence-electron chi connectivity index (χ2n) is 3.28. The molecule has 0 radical (unpaired) electrons. The number of nitrogens with two attached hydrogens (primary N) is 1. The molecule has 0 spiro atoms. The van der Waals surface area contributed by atoms with Crippen molar-refractivity contribution >= 4 is 11.3 Å². The molecule has 5 heteroatoms. The highest BCUT2D eigenvalue weighted by Crippen LogP contribution is 2.26. The van der Waals surface area contributed by atoms with Crippen LogP contribution >= 0.6 is 11.3 Å². The summed E-state index contributed by atoms with van der Waals surface area (Å²) in [6.45, 7) is 1.79. The van der Waals surface area contributed by atoms with E-state index in [1.807, 2.05) is 24.4 Å². The van der Waals surface area contributed by atoms with E-state index in [4.69, 9.17) is 15.3 Å². The van der Waals surface area contributed by atoms with Gasteiger partial charge in [0.1, 0.15) is 5.76 Å². The second-order valence-corrected chi connectivity index (χ2v) is 4.13. The molecule has 1 atom stereocenters. The smallest absolute Gasteiger partial charge is 0.162 e. The summed E-state index contributed by atoms with van der Waals surface area (Å²) in [6.07, 6.45) is 0. The summed E-state index contributed by atoms with van der Waals surface area (Å²) in [4.78, 5) is 4.30. The first-order valence-corrected chi connectivity index (χ1v) is 5.47. The summed E-state index contributed by atoms with van der Waals surface area (Å²) in [7, 11) is 0. The van der Waals surface area contributed by atoms with Crippen LogP contribution in [0.2, 0.25) is 0 Å². The molecule has 0 saturated carbocycles. The maximum Gasteiger partial charge on any atom is 0.162 e. The van der Waals surface area contributed by atoms with E-state index in [0.717, 1.165) is 16.5 Å².